The van der Waals surface area contributed by atoms with Gasteiger partial charge in [-0.15, -0.1) is 0 Å². The van der Waals surface area contributed by atoms with E-state index in [1.54, 1.807) is 18.0 Å². The number of hydrogen-bond acceptors (Lipinski definition) is 5. The minimum atomic E-state index is -0.162. The molecule has 92 valence electrons. The van der Waals surface area contributed by atoms with Gasteiger partial charge in [0.2, 0.25) is 5.91 Å². The zero-order valence-electron chi connectivity index (χ0n) is 9.63. The molecule has 0 aromatic carbocycles. The average molecular weight is 253 g/mol. The van der Waals surface area contributed by atoms with Gasteiger partial charge in [-0.05, 0) is 18.6 Å². The Morgan fingerprint density at radius 3 is 3.00 bits per heavy atom. The Balaban J connectivity index is 2.33. The summed E-state index contributed by atoms with van der Waals surface area (Å²) in [4.78, 5) is 21.8. The van der Waals surface area contributed by atoms with Crippen molar-refractivity contribution >= 4 is 24.4 Å². The van der Waals surface area contributed by atoms with Crippen LogP contribution in [0.4, 0.5) is 5.82 Å². The van der Waals surface area contributed by atoms with Crippen molar-refractivity contribution in [2.24, 2.45) is 5.92 Å². The maximum absolute atomic E-state index is 11.9. The molecule has 0 bridgehead atoms. The highest BCUT2D eigenvalue weighted by atomic mass is 32.1. The van der Waals surface area contributed by atoms with Crippen LogP contribution in [0.3, 0.4) is 0 Å². The third-order valence-electron chi connectivity index (χ3n) is 2.85. The molecule has 1 fully saturated rings. The van der Waals surface area contributed by atoms with Crippen LogP contribution in [0.1, 0.15) is 17.8 Å². The third kappa shape index (κ3) is 2.42. The zero-order chi connectivity index (χ0) is 12.4. The molecule has 1 aromatic rings. The van der Waals surface area contributed by atoms with Gasteiger partial charge in [0.25, 0.3) is 0 Å². The Morgan fingerprint density at radius 1 is 1.65 bits per heavy atom. The van der Waals surface area contributed by atoms with E-state index < -0.39 is 0 Å². The second-order valence-corrected chi connectivity index (χ2v) is 4.55. The van der Waals surface area contributed by atoms with Crippen LogP contribution in [0, 0.1) is 12.8 Å². The van der Waals surface area contributed by atoms with E-state index in [4.69, 9.17) is 0 Å². The fourth-order valence-electron chi connectivity index (χ4n) is 1.94. The van der Waals surface area contributed by atoms with Crippen molar-refractivity contribution < 1.29 is 9.90 Å². The van der Waals surface area contributed by atoms with Gasteiger partial charge in [-0.3, -0.25) is 9.69 Å². The van der Waals surface area contributed by atoms with Gasteiger partial charge in [0, 0.05) is 24.7 Å². The van der Waals surface area contributed by atoms with Crippen LogP contribution in [0.25, 0.3) is 0 Å². The van der Waals surface area contributed by atoms with E-state index in [1.165, 1.54) is 0 Å². The molecule has 0 spiro atoms. The van der Waals surface area contributed by atoms with Crippen LogP contribution < -0.4 is 4.90 Å². The number of carbonyl (C=O) groups excluding carboxylic acids is 1. The van der Waals surface area contributed by atoms with Crippen molar-refractivity contribution in [3.8, 4) is 0 Å². The Bertz CT molecular complexity index is 439. The van der Waals surface area contributed by atoms with Crippen LogP contribution in [-0.4, -0.2) is 33.3 Å². The number of hydrogen-bond donors (Lipinski definition) is 2. The third-order valence-corrected chi connectivity index (χ3v) is 3.37. The van der Waals surface area contributed by atoms with Crippen LogP contribution >= 0.6 is 12.6 Å². The molecular formula is C11H15N3O2S. The second kappa shape index (κ2) is 5.01. The Morgan fingerprint density at radius 2 is 2.41 bits per heavy atom. The maximum Gasteiger partial charge on any atom is 0.228 e. The minimum absolute atomic E-state index is 0.0388. The van der Waals surface area contributed by atoms with E-state index in [2.05, 4.69) is 22.6 Å². The largest absolute Gasteiger partial charge is 0.391 e. The zero-order valence-corrected chi connectivity index (χ0v) is 10.5. The molecule has 17 heavy (non-hydrogen) atoms. The van der Waals surface area contributed by atoms with Crippen molar-refractivity contribution in [1.82, 2.24) is 9.97 Å². The molecule has 1 amide bonds. The molecule has 0 aliphatic carbocycles. The van der Waals surface area contributed by atoms with Crippen LogP contribution in [0.15, 0.2) is 6.20 Å². The summed E-state index contributed by atoms with van der Waals surface area (Å²) in [6.45, 7) is 2.22. The van der Waals surface area contributed by atoms with Crippen LogP contribution in [0.5, 0.6) is 0 Å². The van der Waals surface area contributed by atoms with Gasteiger partial charge in [0.1, 0.15) is 11.6 Å². The highest BCUT2D eigenvalue weighted by molar-refractivity contribution is 7.80. The minimum Gasteiger partial charge on any atom is -0.391 e. The second-order valence-electron chi connectivity index (χ2n) is 4.18. The Kier molecular flexibility index (Phi) is 3.63. The molecule has 2 rings (SSSR count). The lowest BCUT2D eigenvalue weighted by molar-refractivity contribution is -0.117. The molecule has 0 radical (unpaired) electrons. The normalized spacial score (nSPS) is 20.1. The van der Waals surface area contributed by atoms with Gasteiger partial charge < -0.3 is 5.11 Å². The monoisotopic (exact) mass is 253 g/mol. The summed E-state index contributed by atoms with van der Waals surface area (Å²) in [5, 5.41) is 9.25. The summed E-state index contributed by atoms with van der Waals surface area (Å²) < 4.78 is 0. The summed E-state index contributed by atoms with van der Waals surface area (Å²) in [6.07, 6.45) is 2.07. The van der Waals surface area contributed by atoms with E-state index in [9.17, 15) is 9.90 Å². The van der Waals surface area contributed by atoms with Gasteiger partial charge in [-0.1, -0.05) is 0 Å². The molecule has 1 saturated heterocycles. The lowest BCUT2D eigenvalue weighted by atomic mass is 10.1. The molecule has 5 nitrogen and oxygen atoms in total. The van der Waals surface area contributed by atoms with Gasteiger partial charge in [0.15, 0.2) is 0 Å². The van der Waals surface area contributed by atoms with E-state index in [1.807, 2.05) is 0 Å². The fourth-order valence-corrected chi connectivity index (χ4v) is 2.18. The first-order valence-electron chi connectivity index (χ1n) is 5.50. The van der Waals surface area contributed by atoms with Crippen LogP contribution in [0.2, 0.25) is 0 Å². The smallest absolute Gasteiger partial charge is 0.228 e. The van der Waals surface area contributed by atoms with Crippen molar-refractivity contribution in [2.45, 2.75) is 20.0 Å². The first-order valence-corrected chi connectivity index (χ1v) is 6.13. The first kappa shape index (κ1) is 12.3. The number of thiol groups is 1. The molecular weight excluding hydrogens is 238 g/mol. The van der Waals surface area contributed by atoms with E-state index >= 15 is 0 Å². The molecule has 1 aliphatic rings. The van der Waals surface area contributed by atoms with Gasteiger partial charge >= 0.3 is 0 Å². The predicted molar refractivity (Wildman–Crippen MR) is 67.0 cm³/mol. The highest BCUT2D eigenvalue weighted by Gasteiger charge is 2.31. The topological polar surface area (TPSA) is 66.3 Å². The number of aliphatic hydroxyl groups is 1. The lowest BCUT2D eigenvalue weighted by Crippen LogP contribution is -2.27. The van der Waals surface area contributed by atoms with Crippen molar-refractivity contribution in [3.05, 3.63) is 17.6 Å². The summed E-state index contributed by atoms with van der Waals surface area (Å²) in [5.41, 5.74) is 0.587. The number of nitrogens with zero attached hydrogens (tertiary/aromatic N) is 3. The van der Waals surface area contributed by atoms with Crippen molar-refractivity contribution in [1.29, 1.82) is 0 Å². The van der Waals surface area contributed by atoms with Gasteiger partial charge in [-0.2, -0.15) is 12.6 Å². The standard InChI is InChI=1S/C11H15N3O2S/c1-7-12-3-9(5-15)11(13-7)14-4-8(6-17)2-10(14)16/h3,8,15,17H,2,4-6H2,1H3. The number of anilines is 1. The summed E-state index contributed by atoms with van der Waals surface area (Å²) in [6, 6.07) is 0. The molecule has 1 N–H and O–H groups in total. The molecule has 1 atom stereocenters. The molecule has 1 aromatic heterocycles. The summed E-state index contributed by atoms with van der Waals surface area (Å²) >= 11 is 4.22. The predicted octanol–water partition coefficient (Wildman–Crippen LogP) is 0.560. The summed E-state index contributed by atoms with van der Waals surface area (Å²) in [5.74, 6) is 2.11. The number of aryl methyl sites for hydroxylation is 1. The average Bonchev–Trinajstić information content (AvgIpc) is 2.70. The maximum atomic E-state index is 11.9. The van der Waals surface area contributed by atoms with Crippen molar-refractivity contribution in [3.63, 3.8) is 0 Å². The Labute approximate surface area is 105 Å². The molecule has 1 aliphatic heterocycles. The number of rotatable bonds is 3. The quantitative estimate of drug-likeness (QED) is 0.773. The number of amides is 1. The first-order chi connectivity index (χ1) is 8.15. The number of carbonyl (C=O) groups is 1. The van der Waals surface area contributed by atoms with Gasteiger partial charge in [0.05, 0.1) is 6.61 Å². The lowest BCUT2D eigenvalue weighted by Gasteiger charge is -2.18. The number of aromatic nitrogens is 2. The van der Waals surface area contributed by atoms with E-state index in [-0.39, 0.29) is 18.4 Å². The molecule has 0 saturated carbocycles. The molecule has 6 heteroatoms. The van der Waals surface area contributed by atoms with Crippen LogP contribution in [-0.2, 0) is 11.4 Å². The molecule has 1 unspecified atom stereocenters. The molecule has 2 heterocycles. The van der Waals surface area contributed by atoms with E-state index in [0.29, 0.717) is 35.9 Å². The highest BCUT2D eigenvalue weighted by Crippen LogP contribution is 2.26. The number of aliphatic hydroxyl groups excluding tert-OH is 1. The van der Waals surface area contributed by atoms with Crippen molar-refractivity contribution in [2.75, 3.05) is 17.2 Å². The fraction of sp³-hybridized carbons (Fsp3) is 0.545. The summed E-state index contributed by atoms with van der Waals surface area (Å²) in [7, 11) is 0. The SMILES string of the molecule is Cc1ncc(CO)c(N2CC(CS)CC2=O)n1. The van der Waals surface area contributed by atoms with E-state index in [0.717, 1.165) is 0 Å². The van der Waals surface area contributed by atoms with Gasteiger partial charge in [-0.25, -0.2) is 9.97 Å². The Hall–Kier alpha value is -1.14.